The third-order valence-electron chi connectivity index (χ3n) is 1.19. The molecule has 0 aliphatic carbocycles. The van der Waals surface area contributed by atoms with Crippen LogP contribution in [-0.4, -0.2) is 4.98 Å². The molecule has 0 aliphatic rings. The molecule has 0 amide bonds. The number of nitrogens with zero attached hydrogens (tertiary/aromatic N) is 1. The molecule has 0 bridgehead atoms. The van der Waals surface area contributed by atoms with E-state index >= 15 is 0 Å². The molecule has 0 N–H and O–H groups in total. The van der Waals surface area contributed by atoms with E-state index in [0.29, 0.717) is 0 Å². The number of thiazole rings is 1. The summed E-state index contributed by atoms with van der Waals surface area (Å²) < 4.78 is 1.21. The zero-order chi connectivity index (χ0) is 6.10. The fraction of sp³-hybridized carbons (Fsp3) is 0. The Balaban J connectivity index is 0.000000500. The van der Waals surface area contributed by atoms with E-state index in [9.17, 15) is 0 Å². The summed E-state index contributed by atoms with van der Waals surface area (Å²) in [6, 6.07) is 8.02. The van der Waals surface area contributed by atoms with Gasteiger partial charge in [-0.2, -0.15) is 0 Å². The predicted molar refractivity (Wildman–Crippen MR) is 38.5 cm³/mol. The first-order valence-corrected chi connectivity index (χ1v) is 3.50. The molecule has 10 heavy (non-hydrogen) atoms. The number of aromatic nitrogens is 1. The van der Waals surface area contributed by atoms with Crippen molar-refractivity contribution in [2.45, 2.75) is 0 Å². The third-order valence-corrected chi connectivity index (χ3v) is 1.93. The molecule has 0 spiro atoms. The van der Waals surface area contributed by atoms with Gasteiger partial charge in [-0.25, -0.2) is 0 Å². The van der Waals surface area contributed by atoms with Crippen LogP contribution in [0.5, 0.6) is 0 Å². The van der Waals surface area contributed by atoms with Gasteiger partial charge in [0, 0.05) is 41.3 Å². The minimum absolute atomic E-state index is 0. The van der Waals surface area contributed by atoms with Gasteiger partial charge in [-0.15, -0.1) is 16.8 Å². The van der Waals surface area contributed by atoms with Crippen LogP contribution in [0.4, 0.5) is 0 Å². The molecule has 1 heterocycles. The predicted octanol–water partition coefficient (Wildman–Crippen LogP) is 2.10. The topological polar surface area (TPSA) is 12.9 Å². The molecule has 0 saturated carbocycles. The zero-order valence-corrected chi connectivity index (χ0v) is 9.76. The van der Waals surface area contributed by atoms with Crippen molar-refractivity contribution in [2.24, 2.45) is 0 Å². The van der Waals surface area contributed by atoms with Crippen LogP contribution in [0.1, 0.15) is 0 Å². The van der Waals surface area contributed by atoms with Gasteiger partial charge in [0.1, 0.15) is 0 Å². The number of fused-ring (bicyclic) bond motifs is 1. The van der Waals surface area contributed by atoms with Gasteiger partial charge in [-0.3, -0.25) is 11.3 Å². The molecule has 47 valence electrons. The van der Waals surface area contributed by atoms with Crippen molar-refractivity contribution in [1.29, 1.82) is 0 Å². The molecule has 1 nitrogen and oxygen atoms in total. The van der Waals surface area contributed by atoms with Gasteiger partial charge in [0.2, 0.25) is 0 Å². The van der Waals surface area contributed by atoms with E-state index < -0.39 is 0 Å². The Morgan fingerprint density at radius 1 is 1.30 bits per heavy atom. The zero-order valence-electron chi connectivity index (χ0n) is 5.24. The Morgan fingerprint density at radius 3 is 2.90 bits per heavy atom. The second-order valence-electron chi connectivity index (χ2n) is 1.77. The first kappa shape index (κ1) is 8.57. The van der Waals surface area contributed by atoms with Gasteiger partial charge < -0.3 is 4.98 Å². The second kappa shape index (κ2) is 3.75. The molecule has 3 heteroatoms. The van der Waals surface area contributed by atoms with Gasteiger partial charge >= 0.3 is 0 Å². The molecular formula is C7H4NPrS-. The standard InChI is InChI=1S/C7H4NS.Pr/c1-2-4-7-6(3-1)8-5-9-7;/h1-4H;/q-1;. The first-order valence-electron chi connectivity index (χ1n) is 2.68. The van der Waals surface area contributed by atoms with Gasteiger partial charge in [-0.05, 0) is 5.51 Å². The van der Waals surface area contributed by atoms with Crippen LogP contribution in [0.2, 0.25) is 0 Å². The summed E-state index contributed by atoms with van der Waals surface area (Å²) in [5.74, 6) is 0. The molecule has 1 aromatic heterocycles. The molecule has 1 radical (unpaired) electrons. The molecule has 0 fully saturated rings. The SMILES string of the molecule is [Pr].[c-]1nc2ccccc2s1. The van der Waals surface area contributed by atoms with E-state index in [2.05, 4.69) is 10.5 Å². The summed E-state index contributed by atoms with van der Waals surface area (Å²) in [4.78, 5) is 4.01. The van der Waals surface area contributed by atoms with E-state index in [1.807, 2.05) is 24.3 Å². The number of para-hydroxylation sites is 1. The van der Waals surface area contributed by atoms with Crippen molar-refractivity contribution in [3.63, 3.8) is 0 Å². The Kier molecular flexibility index (Phi) is 3.21. The maximum atomic E-state index is 4.01. The minimum Gasteiger partial charge on any atom is -0.386 e. The normalized spacial score (nSPS) is 9.20. The number of hydrogen-bond donors (Lipinski definition) is 0. The monoisotopic (exact) mass is 275 g/mol. The Labute approximate surface area is 96.4 Å². The van der Waals surface area contributed by atoms with Crippen LogP contribution in [0.15, 0.2) is 24.3 Å². The Bertz CT molecular complexity index is 288. The van der Waals surface area contributed by atoms with E-state index in [4.69, 9.17) is 0 Å². The van der Waals surface area contributed by atoms with E-state index in [0.717, 1.165) is 5.52 Å². The largest absolute Gasteiger partial charge is 0.386 e. The van der Waals surface area contributed by atoms with Crippen molar-refractivity contribution in [2.75, 3.05) is 0 Å². The van der Waals surface area contributed by atoms with Gasteiger partial charge in [-0.1, -0.05) is 17.6 Å². The molecule has 0 aliphatic heterocycles. The molecule has 1 aromatic carbocycles. The van der Waals surface area contributed by atoms with Crippen LogP contribution >= 0.6 is 11.3 Å². The molecule has 2 rings (SSSR count). The summed E-state index contributed by atoms with van der Waals surface area (Å²) in [6.45, 7) is 0. The summed E-state index contributed by atoms with van der Waals surface area (Å²) in [5.41, 5.74) is 3.87. The van der Waals surface area contributed by atoms with E-state index in [1.165, 1.54) is 4.70 Å². The average molecular weight is 275 g/mol. The fourth-order valence-corrected chi connectivity index (χ4v) is 1.36. The third kappa shape index (κ3) is 1.55. The van der Waals surface area contributed by atoms with Crippen LogP contribution in [-0.2, 0) is 0 Å². The fourth-order valence-electron chi connectivity index (χ4n) is 0.757. The molecular weight excluding hydrogens is 271 g/mol. The van der Waals surface area contributed by atoms with Gasteiger partial charge in [0.05, 0.1) is 0 Å². The first-order chi connectivity index (χ1) is 4.47. The quantitative estimate of drug-likeness (QED) is 0.671. The van der Waals surface area contributed by atoms with Gasteiger partial charge in [0.25, 0.3) is 0 Å². The number of hydrogen-bond acceptors (Lipinski definition) is 2. The maximum absolute atomic E-state index is 4.01. The van der Waals surface area contributed by atoms with Crippen molar-refractivity contribution >= 4 is 21.6 Å². The van der Waals surface area contributed by atoms with E-state index in [-0.39, 0.29) is 41.3 Å². The Morgan fingerprint density at radius 2 is 2.10 bits per heavy atom. The van der Waals surface area contributed by atoms with Crippen LogP contribution in [0.3, 0.4) is 0 Å². The summed E-state index contributed by atoms with van der Waals surface area (Å²) in [6.07, 6.45) is 0. The van der Waals surface area contributed by atoms with E-state index in [1.54, 1.807) is 11.3 Å². The maximum Gasteiger partial charge on any atom is 0 e. The molecule has 0 saturated heterocycles. The van der Waals surface area contributed by atoms with Crippen LogP contribution in [0.25, 0.3) is 10.2 Å². The molecule has 0 atom stereocenters. The average Bonchev–Trinajstić information content (AvgIpc) is 2.33. The van der Waals surface area contributed by atoms with Crippen molar-refractivity contribution in [3.05, 3.63) is 29.8 Å². The summed E-state index contributed by atoms with van der Waals surface area (Å²) in [5, 5.41) is 0. The minimum atomic E-state index is 0. The van der Waals surface area contributed by atoms with Gasteiger partial charge in [0.15, 0.2) is 0 Å². The van der Waals surface area contributed by atoms with Crippen molar-refractivity contribution in [3.8, 4) is 0 Å². The van der Waals surface area contributed by atoms with Crippen molar-refractivity contribution < 1.29 is 41.3 Å². The summed E-state index contributed by atoms with van der Waals surface area (Å²) in [7, 11) is 0. The van der Waals surface area contributed by atoms with Crippen LogP contribution < -0.4 is 0 Å². The second-order valence-corrected chi connectivity index (χ2v) is 2.60. The molecule has 2 aromatic rings. The Hall–Kier alpha value is 0.474. The smallest absolute Gasteiger partial charge is 0 e. The number of benzene rings is 1. The molecule has 0 unspecified atom stereocenters. The summed E-state index contributed by atoms with van der Waals surface area (Å²) >= 11 is 1.55. The number of rotatable bonds is 0. The van der Waals surface area contributed by atoms with Crippen molar-refractivity contribution in [1.82, 2.24) is 4.98 Å². The van der Waals surface area contributed by atoms with Crippen LogP contribution in [0, 0.1) is 46.8 Å².